The van der Waals surface area contributed by atoms with Crippen LogP contribution in [0.5, 0.6) is 0 Å². The van der Waals surface area contributed by atoms with Gasteiger partial charge < -0.3 is 9.36 Å². The molecule has 1 aliphatic heterocycles. The van der Waals surface area contributed by atoms with Crippen LogP contribution in [0.2, 0.25) is 0 Å². The lowest BCUT2D eigenvalue weighted by Gasteiger charge is -2.22. The van der Waals surface area contributed by atoms with Crippen molar-refractivity contribution in [3.63, 3.8) is 0 Å². The van der Waals surface area contributed by atoms with Crippen molar-refractivity contribution in [2.45, 2.75) is 31.7 Å². The van der Waals surface area contributed by atoms with Gasteiger partial charge in [0.25, 0.3) is 0 Å². The summed E-state index contributed by atoms with van der Waals surface area (Å²) in [4.78, 5) is 10.4. The van der Waals surface area contributed by atoms with Crippen LogP contribution in [0.15, 0.2) is 18.3 Å². The lowest BCUT2D eigenvalue weighted by molar-refractivity contribution is -0.108. The van der Waals surface area contributed by atoms with Gasteiger partial charge in [-0.3, -0.25) is 0 Å². The molecule has 0 radical (unpaired) electrons. The molecule has 64 valence electrons. The molecule has 1 atom stereocenters. The Bertz CT molecular complexity index is 277. The van der Waals surface area contributed by atoms with E-state index in [1.165, 1.54) is 18.5 Å². The molecule has 0 spiro atoms. The molecule has 2 rings (SSSR count). The molecule has 0 saturated heterocycles. The number of carbonyl (C=O) groups excluding carboxylic acids is 1. The van der Waals surface area contributed by atoms with Crippen molar-refractivity contribution in [3.8, 4) is 0 Å². The third kappa shape index (κ3) is 1.17. The van der Waals surface area contributed by atoms with Gasteiger partial charge in [-0.2, -0.15) is 0 Å². The second kappa shape index (κ2) is 3.13. The molecule has 1 aromatic heterocycles. The van der Waals surface area contributed by atoms with Crippen molar-refractivity contribution in [3.05, 3.63) is 24.0 Å². The fourth-order valence-corrected chi connectivity index (χ4v) is 2.01. The van der Waals surface area contributed by atoms with E-state index in [1.807, 2.05) is 0 Å². The van der Waals surface area contributed by atoms with E-state index in [9.17, 15) is 4.79 Å². The monoisotopic (exact) mass is 163 g/mol. The van der Waals surface area contributed by atoms with Crippen LogP contribution >= 0.6 is 0 Å². The van der Waals surface area contributed by atoms with Crippen LogP contribution in [0.25, 0.3) is 0 Å². The molecule has 0 unspecified atom stereocenters. The van der Waals surface area contributed by atoms with E-state index < -0.39 is 0 Å². The Morgan fingerprint density at radius 3 is 3.42 bits per heavy atom. The molecule has 0 aromatic carbocycles. The second-order valence-electron chi connectivity index (χ2n) is 3.37. The third-order valence-electron chi connectivity index (χ3n) is 2.62. The molecule has 1 aromatic rings. The minimum atomic E-state index is 0.478. The van der Waals surface area contributed by atoms with Crippen LogP contribution < -0.4 is 0 Å². The summed E-state index contributed by atoms with van der Waals surface area (Å²) < 4.78 is 2.26. The maximum absolute atomic E-state index is 10.4. The molecule has 0 N–H and O–H groups in total. The van der Waals surface area contributed by atoms with E-state index >= 15 is 0 Å². The zero-order valence-corrected chi connectivity index (χ0v) is 7.07. The molecular formula is C10H13NO. The number of fused-ring (bicyclic) bond motifs is 1. The number of aryl methyl sites for hydroxylation is 1. The number of rotatable bonds is 2. The van der Waals surface area contributed by atoms with E-state index in [0.29, 0.717) is 12.3 Å². The van der Waals surface area contributed by atoms with E-state index in [0.717, 1.165) is 12.8 Å². The van der Waals surface area contributed by atoms with Crippen molar-refractivity contribution in [1.82, 2.24) is 4.57 Å². The van der Waals surface area contributed by atoms with E-state index in [2.05, 4.69) is 22.9 Å². The standard InChI is InChI=1S/C10H13NO/c12-8-5-9-3-1-6-11-7-2-4-10(9)11/h2,4,7-9H,1,3,5-6H2/t9-/m1/s1. The van der Waals surface area contributed by atoms with Crippen molar-refractivity contribution >= 4 is 6.29 Å². The molecule has 2 heterocycles. The van der Waals surface area contributed by atoms with Crippen molar-refractivity contribution in [2.24, 2.45) is 0 Å². The summed E-state index contributed by atoms with van der Waals surface area (Å²) in [7, 11) is 0. The zero-order chi connectivity index (χ0) is 8.39. The van der Waals surface area contributed by atoms with Crippen LogP contribution in [-0.2, 0) is 11.3 Å². The van der Waals surface area contributed by atoms with Crippen molar-refractivity contribution in [1.29, 1.82) is 0 Å². The van der Waals surface area contributed by atoms with E-state index in [-0.39, 0.29) is 0 Å². The smallest absolute Gasteiger partial charge is 0.120 e. The molecule has 12 heavy (non-hydrogen) atoms. The minimum absolute atomic E-state index is 0.478. The normalized spacial score (nSPS) is 21.8. The first-order chi connectivity index (χ1) is 5.92. The van der Waals surface area contributed by atoms with Gasteiger partial charge in [-0.15, -0.1) is 0 Å². The van der Waals surface area contributed by atoms with Gasteiger partial charge in [-0.25, -0.2) is 0 Å². The number of hydrogen-bond acceptors (Lipinski definition) is 1. The molecular weight excluding hydrogens is 150 g/mol. The Labute approximate surface area is 72.2 Å². The lowest BCUT2D eigenvalue weighted by Crippen LogP contribution is -2.14. The van der Waals surface area contributed by atoms with Gasteiger partial charge in [0.1, 0.15) is 6.29 Å². The quantitative estimate of drug-likeness (QED) is 0.611. The lowest BCUT2D eigenvalue weighted by atomic mass is 9.94. The second-order valence-corrected chi connectivity index (χ2v) is 3.37. The SMILES string of the molecule is O=CC[C@H]1CCCn2cccc21. The number of nitrogens with zero attached hydrogens (tertiary/aromatic N) is 1. The van der Waals surface area contributed by atoms with Crippen LogP contribution in [0.1, 0.15) is 30.9 Å². The molecule has 1 aliphatic rings. The van der Waals surface area contributed by atoms with Gasteiger partial charge in [-0.1, -0.05) is 0 Å². The Morgan fingerprint density at radius 1 is 1.67 bits per heavy atom. The Hall–Kier alpha value is -1.05. The zero-order valence-electron chi connectivity index (χ0n) is 7.07. The van der Waals surface area contributed by atoms with Crippen LogP contribution in [-0.4, -0.2) is 10.9 Å². The molecule has 0 fully saturated rings. The summed E-state index contributed by atoms with van der Waals surface area (Å²) >= 11 is 0. The van der Waals surface area contributed by atoms with Crippen LogP contribution in [0.4, 0.5) is 0 Å². The molecule has 0 amide bonds. The summed E-state index contributed by atoms with van der Waals surface area (Å²) in [6, 6.07) is 4.20. The van der Waals surface area contributed by atoms with Crippen molar-refractivity contribution < 1.29 is 4.79 Å². The first-order valence-electron chi connectivity index (χ1n) is 4.50. The first-order valence-corrected chi connectivity index (χ1v) is 4.50. The molecule has 2 heteroatoms. The first kappa shape index (κ1) is 7.59. The third-order valence-corrected chi connectivity index (χ3v) is 2.62. The minimum Gasteiger partial charge on any atom is -0.351 e. The average molecular weight is 163 g/mol. The van der Waals surface area contributed by atoms with Gasteiger partial charge in [0, 0.05) is 30.8 Å². The van der Waals surface area contributed by atoms with E-state index in [1.54, 1.807) is 0 Å². The highest BCUT2D eigenvalue weighted by Crippen LogP contribution is 2.29. The summed E-state index contributed by atoms with van der Waals surface area (Å²) in [6.07, 6.45) is 6.20. The number of aromatic nitrogens is 1. The van der Waals surface area contributed by atoms with Gasteiger partial charge in [0.2, 0.25) is 0 Å². The largest absolute Gasteiger partial charge is 0.351 e. The predicted molar refractivity (Wildman–Crippen MR) is 47.1 cm³/mol. The molecule has 2 nitrogen and oxygen atoms in total. The Morgan fingerprint density at radius 2 is 2.58 bits per heavy atom. The predicted octanol–water partition coefficient (Wildman–Crippen LogP) is 1.95. The highest BCUT2D eigenvalue weighted by Gasteiger charge is 2.18. The number of hydrogen-bond donors (Lipinski definition) is 0. The topological polar surface area (TPSA) is 22.0 Å². The van der Waals surface area contributed by atoms with Gasteiger partial charge in [0.05, 0.1) is 0 Å². The fraction of sp³-hybridized carbons (Fsp3) is 0.500. The Balaban J connectivity index is 2.25. The highest BCUT2D eigenvalue weighted by molar-refractivity contribution is 5.51. The average Bonchev–Trinajstić information content (AvgIpc) is 2.53. The maximum Gasteiger partial charge on any atom is 0.120 e. The summed E-state index contributed by atoms with van der Waals surface area (Å²) in [6.45, 7) is 1.12. The summed E-state index contributed by atoms with van der Waals surface area (Å²) in [5, 5.41) is 0. The Kier molecular flexibility index (Phi) is 1.98. The van der Waals surface area contributed by atoms with Gasteiger partial charge in [-0.05, 0) is 25.0 Å². The number of carbonyl (C=O) groups is 1. The number of aldehydes is 1. The fourth-order valence-electron chi connectivity index (χ4n) is 2.01. The van der Waals surface area contributed by atoms with E-state index in [4.69, 9.17) is 0 Å². The van der Waals surface area contributed by atoms with Crippen molar-refractivity contribution in [2.75, 3.05) is 0 Å². The molecule has 0 saturated carbocycles. The van der Waals surface area contributed by atoms with Crippen LogP contribution in [0, 0.1) is 0 Å². The van der Waals surface area contributed by atoms with Crippen LogP contribution in [0.3, 0.4) is 0 Å². The molecule has 0 aliphatic carbocycles. The summed E-state index contributed by atoms with van der Waals surface area (Å²) in [5.74, 6) is 0.478. The van der Waals surface area contributed by atoms with Gasteiger partial charge in [0.15, 0.2) is 0 Å². The summed E-state index contributed by atoms with van der Waals surface area (Å²) in [5.41, 5.74) is 1.34. The molecule has 0 bridgehead atoms. The highest BCUT2D eigenvalue weighted by atomic mass is 16.1. The maximum atomic E-state index is 10.4. The van der Waals surface area contributed by atoms with Gasteiger partial charge >= 0.3 is 0 Å².